The van der Waals surface area contributed by atoms with Crippen molar-refractivity contribution in [2.24, 2.45) is 0 Å². The fourth-order valence-corrected chi connectivity index (χ4v) is 2.80. The van der Waals surface area contributed by atoms with E-state index in [1.807, 2.05) is 36.4 Å². The lowest BCUT2D eigenvalue weighted by Crippen LogP contribution is -2.13. The van der Waals surface area contributed by atoms with Gasteiger partial charge in [0.15, 0.2) is 0 Å². The lowest BCUT2D eigenvalue weighted by atomic mass is 10.1. The van der Waals surface area contributed by atoms with E-state index in [0.717, 1.165) is 5.56 Å². The summed E-state index contributed by atoms with van der Waals surface area (Å²) in [5.74, 6) is 0.712. The maximum Gasteiger partial charge on any atom is 0.255 e. The summed E-state index contributed by atoms with van der Waals surface area (Å²) in [6.45, 7) is 0. The first-order valence-electron chi connectivity index (χ1n) is 9.27. The van der Waals surface area contributed by atoms with Gasteiger partial charge < -0.3 is 20.1 Å². The molecule has 0 aliphatic rings. The molecule has 0 bridgehead atoms. The Morgan fingerprint density at radius 2 is 1.40 bits per heavy atom. The molecule has 2 amide bonds. The lowest BCUT2D eigenvalue weighted by Gasteiger charge is -2.10. The van der Waals surface area contributed by atoms with Crippen LogP contribution in [0.2, 0.25) is 0 Å². The van der Waals surface area contributed by atoms with E-state index in [4.69, 9.17) is 9.47 Å². The molecule has 0 aliphatic heterocycles. The summed E-state index contributed by atoms with van der Waals surface area (Å²) in [6.07, 6.45) is 3.11. The smallest absolute Gasteiger partial charge is 0.255 e. The Labute approximate surface area is 175 Å². The van der Waals surface area contributed by atoms with Gasteiger partial charge in [-0.1, -0.05) is 30.3 Å². The zero-order chi connectivity index (χ0) is 21.3. The van der Waals surface area contributed by atoms with E-state index in [-0.39, 0.29) is 11.8 Å². The molecule has 0 fully saturated rings. The SMILES string of the molecule is COc1ccccc1/C=C/C(=O)Nc1ccc(C(=O)Nc2ccccc2OC)cc1. The molecule has 0 atom stereocenters. The van der Waals surface area contributed by atoms with Gasteiger partial charge in [-0.25, -0.2) is 0 Å². The molecule has 30 heavy (non-hydrogen) atoms. The standard InChI is InChI=1S/C24H22N2O4/c1-29-21-9-5-3-7-17(21)13-16-23(27)25-19-14-11-18(12-15-19)24(28)26-20-8-4-6-10-22(20)30-2/h3-16H,1-2H3,(H,25,27)(H,26,28)/b16-13+. The number of carbonyl (C=O) groups excluding carboxylic acids is 2. The topological polar surface area (TPSA) is 76.7 Å². The lowest BCUT2D eigenvalue weighted by molar-refractivity contribution is -0.111. The van der Waals surface area contributed by atoms with Gasteiger partial charge in [-0.3, -0.25) is 9.59 Å². The first-order chi connectivity index (χ1) is 14.6. The average molecular weight is 402 g/mol. The predicted octanol–water partition coefficient (Wildman–Crippen LogP) is 4.61. The quantitative estimate of drug-likeness (QED) is 0.566. The third-order valence-electron chi connectivity index (χ3n) is 4.32. The zero-order valence-corrected chi connectivity index (χ0v) is 16.7. The molecule has 3 aromatic carbocycles. The van der Waals surface area contributed by atoms with E-state index in [1.54, 1.807) is 56.7 Å². The summed E-state index contributed by atoms with van der Waals surface area (Å²) in [7, 11) is 3.13. The second kappa shape index (κ2) is 9.93. The number of nitrogens with one attached hydrogen (secondary N) is 2. The van der Waals surface area contributed by atoms with Crippen LogP contribution in [0, 0.1) is 0 Å². The second-order valence-corrected chi connectivity index (χ2v) is 6.30. The van der Waals surface area contributed by atoms with Gasteiger partial charge in [0.25, 0.3) is 5.91 Å². The van der Waals surface area contributed by atoms with E-state index >= 15 is 0 Å². The van der Waals surface area contributed by atoms with Crippen molar-refractivity contribution < 1.29 is 19.1 Å². The number of amides is 2. The molecule has 0 radical (unpaired) electrons. The van der Waals surface area contributed by atoms with Crippen molar-refractivity contribution in [3.05, 3.63) is 90.0 Å². The molecule has 0 saturated heterocycles. The van der Waals surface area contributed by atoms with Gasteiger partial charge in [0.05, 0.1) is 19.9 Å². The van der Waals surface area contributed by atoms with Gasteiger partial charge in [0.2, 0.25) is 5.91 Å². The Balaban J connectivity index is 1.62. The van der Waals surface area contributed by atoms with Gasteiger partial charge in [0, 0.05) is 22.9 Å². The number of rotatable bonds is 7. The molecular formula is C24H22N2O4. The number of para-hydroxylation sites is 3. The summed E-state index contributed by atoms with van der Waals surface area (Å²) in [4.78, 5) is 24.6. The van der Waals surface area contributed by atoms with E-state index < -0.39 is 0 Å². The molecule has 152 valence electrons. The summed E-state index contributed by atoms with van der Waals surface area (Å²) < 4.78 is 10.5. The third kappa shape index (κ3) is 5.26. The van der Waals surface area contributed by atoms with Crippen molar-refractivity contribution in [1.29, 1.82) is 0 Å². The Bertz CT molecular complexity index is 1060. The van der Waals surface area contributed by atoms with Crippen LogP contribution < -0.4 is 20.1 Å². The third-order valence-corrected chi connectivity index (χ3v) is 4.32. The first kappa shape index (κ1) is 20.7. The monoisotopic (exact) mass is 402 g/mol. The van der Waals surface area contributed by atoms with Crippen LogP contribution in [0.3, 0.4) is 0 Å². The highest BCUT2D eigenvalue weighted by Gasteiger charge is 2.09. The number of ether oxygens (including phenoxy) is 2. The van der Waals surface area contributed by atoms with Crippen LogP contribution in [-0.2, 0) is 4.79 Å². The molecular weight excluding hydrogens is 380 g/mol. The van der Waals surface area contributed by atoms with Crippen molar-refractivity contribution >= 4 is 29.3 Å². The van der Waals surface area contributed by atoms with Crippen LogP contribution in [0.25, 0.3) is 6.08 Å². The first-order valence-corrected chi connectivity index (χ1v) is 9.27. The van der Waals surface area contributed by atoms with Crippen LogP contribution in [0.1, 0.15) is 15.9 Å². The van der Waals surface area contributed by atoms with Gasteiger partial charge in [-0.05, 0) is 48.5 Å². The Morgan fingerprint density at radius 1 is 0.767 bits per heavy atom. The van der Waals surface area contributed by atoms with Crippen molar-refractivity contribution in [3.8, 4) is 11.5 Å². The molecule has 0 unspecified atom stereocenters. The molecule has 0 aliphatic carbocycles. The fraction of sp³-hybridized carbons (Fsp3) is 0.0833. The van der Waals surface area contributed by atoms with Crippen LogP contribution in [-0.4, -0.2) is 26.0 Å². The van der Waals surface area contributed by atoms with Crippen molar-refractivity contribution in [2.45, 2.75) is 0 Å². The highest BCUT2D eigenvalue weighted by atomic mass is 16.5. The molecule has 6 nitrogen and oxygen atoms in total. The molecule has 0 heterocycles. The number of methoxy groups -OCH3 is 2. The number of anilines is 2. The molecule has 3 aromatic rings. The van der Waals surface area contributed by atoms with Gasteiger partial charge >= 0.3 is 0 Å². The fourth-order valence-electron chi connectivity index (χ4n) is 2.80. The van der Waals surface area contributed by atoms with E-state index in [9.17, 15) is 9.59 Å². The van der Waals surface area contributed by atoms with Crippen LogP contribution in [0.5, 0.6) is 11.5 Å². The minimum atomic E-state index is -0.285. The molecule has 6 heteroatoms. The van der Waals surface area contributed by atoms with Crippen molar-refractivity contribution in [3.63, 3.8) is 0 Å². The van der Waals surface area contributed by atoms with Crippen LogP contribution in [0.15, 0.2) is 78.9 Å². The zero-order valence-electron chi connectivity index (χ0n) is 16.7. The summed E-state index contributed by atoms with van der Waals surface area (Å²) in [5, 5.41) is 5.58. The normalized spacial score (nSPS) is 10.5. The number of carbonyl (C=O) groups is 2. The van der Waals surface area contributed by atoms with Gasteiger partial charge in [-0.15, -0.1) is 0 Å². The highest BCUT2D eigenvalue weighted by Crippen LogP contribution is 2.24. The second-order valence-electron chi connectivity index (χ2n) is 6.30. The predicted molar refractivity (Wildman–Crippen MR) is 118 cm³/mol. The largest absolute Gasteiger partial charge is 0.496 e. The summed E-state index contributed by atoms with van der Waals surface area (Å²) in [5.41, 5.74) is 2.43. The maximum absolute atomic E-state index is 12.5. The molecule has 3 rings (SSSR count). The maximum atomic E-state index is 12.5. The Kier molecular flexibility index (Phi) is 6.84. The number of hydrogen-bond donors (Lipinski definition) is 2. The highest BCUT2D eigenvalue weighted by molar-refractivity contribution is 6.06. The summed E-state index contributed by atoms with van der Waals surface area (Å²) >= 11 is 0. The molecule has 2 N–H and O–H groups in total. The van der Waals surface area contributed by atoms with E-state index in [1.165, 1.54) is 6.08 Å². The molecule has 0 aromatic heterocycles. The summed E-state index contributed by atoms with van der Waals surface area (Å²) in [6, 6.07) is 21.2. The Morgan fingerprint density at radius 3 is 2.10 bits per heavy atom. The molecule has 0 saturated carbocycles. The average Bonchev–Trinajstić information content (AvgIpc) is 2.78. The van der Waals surface area contributed by atoms with Gasteiger partial charge in [0.1, 0.15) is 11.5 Å². The van der Waals surface area contributed by atoms with Crippen LogP contribution >= 0.6 is 0 Å². The number of hydrogen-bond acceptors (Lipinski definition) is 4. The van der Waals surface area contributed by atoms with E-state index in [2.05, 4.69) is 10.6 Å². The minimum absolute atomic E-state index is 0.270. The van der Waals surface area contributed by atoms with Gasteiger partial charge in [-0.2, -0.15) is 0 Å². The van der Waals surface area contributed by atoms with Crippen molar-refractivity contribution in [2.75, 3.05) is 24.9 Å². The Hall–Kier alpha value is -4.06. The molecule has 0 spiro atoms. The minimum Gasteiger partial charge on any atom is -0.496 e. The van der Waals surface area contributed by atoms with Crippen LogP contribution in [0.4, 0.5) is 11.4 Å². The number of benzene rings is 3. The van der Waals surface area contributed by atoms with Crippen molar-refractivity contribution in [1.82, 2.24) is 0 Å². The van der Waals surface area contributed by atoms with E-state index in [0.29, 0.717) is 28.4 Å².